The molecule has 0 aromatic carbocycles. The molecule has 0 fully saturated rings. The molecule has 0 bridgehead atoms. The number of ether oxygens (including phenoxy) is 2. The molecule has 0 heterocycles. The maximum absolute atomic E-state index is 11.4. The van der Waals surface area contributed by atoms with Crippen LogP contribution in [0.3, 0.4) is 0 Å². The van der Waals surface area contributed by atoms with E-state index >= 15 is 0 Å². The average molecular weight is 284 g/mol. The summed E-state index contributed by atoms with van der Waals surface area (Å²) in [4.78, 5) is 22.8. The monoisotopic (exact) mass is 284 g/mol. The third-order valence-electron chi connectivity index (χ3n) is 3.61. The van der Waals surface area contributed by atoms with Gasteiger partial charge in [0.05, 0.1) is 13.2 Å². The normalized spacial score (nSPS) is 14.6. The smallest absolute Gasteiger partial charge is 0.331 e. The molecule has 20 heavy (non-hydrogen) atoms. The highest BCUT2D eigenvalue weighted by molar-refractivity contribution is 5.91. The largest absolute Gasteiger partial charge is 0.462 e. The average Bonchev–Trinajstić information content (AvgIpc) is 2.39. The lowest BCUT2D eigenvalue weighted by Crippen LogP contribution is -2.16. The van der Waals surface area contributed by atoms with Crippen molar-refractivity contribution < 1.29 is 19.1 Å². The van der Waals surface area contributed by atoms with Crippen LogP contribution in [0.15, 0.2) is 12.2 Å². The molecule has 0 N–H and O–H groups in total. The van der Waals surface area contributed by atoms with Crippen LogP contribution in [0.5, 0.6) is 0 Å². The van der Waals surface area contributed by atoms with Crippen molar-refractivity contribution in [3.8, 4) is 0 Å². The van der Waals surface area contributed by atoms with Gasteiger partial charge in [0.15, 0.2) is 0 Å². The summed E-state index contributed by atoms with van der Waals surface area (Å²) in [7, 11) is 0. The van der Waals surface area contributed by atoms with Crippen LogP contribution in [-0.2, 0) is 19.1 Å². The molecular formula is C16H28O4. The highest BCUT2D eigenvalue weighted by Crippen LogP contribution is 2.10. The minimum atomic E-state index is -0.508. The number of rotatable bonds is 8. The van der Waals surface area contributed by atoms with Gasteiger partial charge in [-0.15, -0.1) is 0 Å². The number of hydrogen-bond acceptors (Lipinski definition) is 4. The van der Waals surface area contributed by atoms with Gasteiger partial charge in [-0.05, 0) is 23.7 Å². The van der Waals surface area contributed by atoms with Gasteiger partial charge >= 0.3 is 11.9 Å². The Kier molecular flexibility index (Phi) is 8.93. The third-order valence-corrected chi connectivity index (χ3v) is 3.61. The first-order chi connectivity index (χ1) is 9.23. The van der Waals surface area contributed by atoms with E-state index in [1.54, 1.807) is 0 Å². The molecule has 0 saturated heterocycles. The molecule has 4 heteroatoms. The lowest BCUT2D eigenvalue weighted by Gasteiger charge is -2.15. The van der Waals surface area contributed by atoms with E-state index in [0.717, 1.165) is 12.2 Å². The topological polar surface area (TPSA) is 52.6 Å². The van der Waals surface area contributed by atoms with Crippen molar-refractivity contribution in [1.82, 2.24) is 0 Å². The fourth-order valence-electron chi connectivity index (χ4n) is 1.04. The van der Waals surface area contributed by atoms with Crippen LogP contribution in [0.1, 0.15) is 41.5 Å². The van der Waals surface area contributed by atoms with Gasteiger partial charge in [0, 0.05) is 12.2 Å². The zero-order chi connectivity index (χ0) is 15.7. The van der Waals surface area contributed by atoms with Crippen LogP contribution >= 0.6 is 0 Å². The standard InChI is InChI=1S/C16H28O4/c1-11(2)13(5)9-19-15(17)7-8-16(18)20-10-14(6)12(3)4/h7-8,11-14H,9-10H2,1-6H3/b8-7-. The van der Waals surface area contributed by atoms with E-state index in [1.165, 1.54) is 0 Å². The zero-order valence-corrected chi connectivity index (χ0v) is 13.5. The predicted octanol–water partition coefficient (Wildman–Crippen LogP) is 3.21. The fourth-order valence-corrected chi connectivity index (χ4v) is 1.04. The Morgan fingerprint density at radius 1 is 0.750 bits per heavy atom. The molecule has 2 unspecified atom stereocenters. The highest BCUT2D eigenvalue weighted by Gasteiger charge is 2.11. The van der Waals surface area contributed by atoms with Crippen molar-refractivity contribution in [2.45, 2.75) is 41.5 Å². The van der Waals surface area contributed by atoms with Crippen LogP contribution < -0.4 is 0 Å². The van der Waals surface area contributed by atoms with Crippen LogP contribution in [0.25, 0.3) is 0 Å². The Labute approximate surface area is 122 Å². The van der Waals surface area contributed by atoms with Gasteiger partial charge in [0.25, 0.3) is 0 Å². The summed E-state index contributed by atoms with van der Waals surface area (Å²) in [5.74, 6) is 0.485. The van der Waals surface area contributed by atoms with E-state index < -0.39 is 11.9 Å². The molecule has 0 radical (unpaired) electrons. The van der Waals surface area contributed by atoms with E-state index in [0.29, 0.717) is 36.9 Å². The molecule has 0 aliphatic heterocycles. The Balaban J connectivity index is 3.97. The summed E-state index contributed by atoms with van der Waals surface area (Å²) >= 11 is 0. The molecule has 0 aromatic heterocycles. The second-order valence-electron chi connectivity index (χ2n) is 6.04. The van der Waals surface area contributed by atoms with Gasteiger partial charge in [0.1, 0.15) is 0 Å². The summed E-state index contributed by atoms with van der Waals surface area (Å²) in [5.41, 5.74) is 0. The molecular weight excluding hydrogens is 256 g/mol. The second-order valence-corrected chi connectivity index (χ2v) is 6.04. The number of esters is 2. The summed E-state index contributed by atoms with van der Waals surface area (Å²) in [6.45, 7) is 13.0. The molecule has 4 nitrogen and oxygen atoms in total. The van der Waals surface area contributed by atoms with Crippen molar-refractivity contribution in [2.24, 2.45) is 23.7 Å². The Hall–Kier alpha value is -1.32. The summed E-state index contributed by atoms with van der Waals surface area (Å²) in [6.07, 6.45) is 2.24. The molecule has 0 aliphatic rings. The van der Waals surface area contributed by atoms with Crippen molar-refractivity contribution in [2.75, 3.05) is 13.2 Å². The maximum atomic E-state index is 11.4. The molecule has 0 amide bonds. The van der Waals surface area contributed by atoms with Gasteiger partial charge in [-0.2, -0.15) is 0 Å². The highest BCUT2D eigenvalue weighted by atomic mass is 16.5. The van der Waals surface area contributed by atoms with Gasteiger partial charge in [-0.25, -0.2) is 9.59 Å². The van der Waals surface area contributed by atoms with E-state index in [-0.39, 0.29) is 0 Å². The Morgan fingerprint density at radius 3 is 1.30 bits per heavy atom. The molecule has 0 saturated carbocycles. The molecule has 2 atom stereocenters. The molecule has 0 aromatic rings. The third kappa shape index (κ3) is 8.73. The van der Waals surface area contributed by atoms with E-state index in [1.807, 2.05) is 13.8 Å². The summed E-state index contributed by atoms with van der Waals surface area (Å²) in [6, 6.07) is 0. The number of carbonyl (C=O) groups is 2. The van der Waals surface area contributed by atoms with Gasteiger partial charge in [0.2, 0.25) is 0 Å². The SMILES string of the molecule is CC(C)C(C)COC(=O)/C=C\C(=O)OCC(C)C(C)C. The van der Waals surface area contributed by atoms with Crippen LogP contribution in [-0.4, -0.2) is 25.2 Å². The van der Waals surface area contributed by atoms with Crippen LogP contribution in [0.4, 0.5) is 0 Å². The minimum absolute atomic E-state index is 0.297. The first-order valence-electron chi connectivity index (χ1n) is 7.25. The first kappa shape index (κ1) is 18.7. The van der Waals surface area contributed by atoms with Crippen molar-refractivity contribution in [3.05, 3.63) is 12.2 Å². The van der Waals surface area contributed by atoms with Gasteiger partial charge in [-0.1, -0.05) is 41.5 Å². The van der Waals surface area contributed by atoms with Gasteiger partial charge in [-0.3, -0.25) is 0 Å². The van der Waals surface area contributed by atoms with Crippen molar-refractivity contribution in [3.63, 3.8) is 0 Å². The molecule has 0 rings (SSSR count). The summed E-state index contributed by atoms with van der Waals surface area (Å²) < 4.78 is 10.1. The van der Waals surface area contributed by atoms with Crippen molar-refractivity contribution in [1.29, 1.82) is 0 Å². The van der Waals surface area contributed by atoms with Crippen molar-refractivity contribution >= 4 is 11.9 Å². The minimum Gasteiger partial charge on any atom is -0.462 e. The van der Waals surface area contributed by atoms with Crippen LogP contribution in [0.2, 0.25) is 0 Å². The van der Waals surface area contributed by atoms with Gasteiger partial charge < -0.3 is 9.47 Å². The summed E-state index contributed by atoms with van der Waals surface area (Å²) in [5, 5.41) is 0. The first-order valence-corrected chi connectivity index (χ1v) is 7.25. The number of hydrogen-bond donors (Lipinski definition) is 0. The van der Waals surface area contributed by atoms with E-state index in [2.05, 4.69) is 27.7 Å². The fraction of sp³-hybridized carbons (Fsp3) is 0.750. The zero-order valence-electron chi connectivity index (χ0n) is 13.5. The maximum Gasteiger partial charge on any atom is 0.331 e. The Bertz CT molecular complexity index is 299. The lowest BCUT2D eigenvalue weighted by atomic mass is 9.99. The quantitative estimate of drug-likeness (QED) is 0.507. The van der Waals surface area contributed by atoms with Crippen LogP contribution in [0, 0.1) is 23.7 Å². The van der Waals surface area contributed by atoms with E-state index in [4.69, 9.17) is 9.47 Å². The second kappa shape index (κ2) is 9.56. The Morgan fingerprint density at radius 2 is 1.05 bits per heavy atom. The molecule has 0 aliphatic carbocycles. The predicted molar refractivity (Wildman–Crippen MR) is 79.1 cm³/mol. The molecule has 116 valence electrons. The lowest BCUT2D eigenvalue weighted by molar-refractivity contribution is -0.142. The molecule has 0 spiro atoms. The van der Waals surface area contributed by atoms with E-state index in [9.17, 15) is 9.59 Å². The number of carbonyl (C=O) groups excluding carboxylic acids is 2.